The van der Waals surface area contributed by atoms with E-state index >= 15 is 0 Å². The summed E-state index contributed by atoms with van der Waals surface area (Å²) in [4.78, 5) is 1.36. The molecule has 2 aromatic rings. The molecule has 0 amide bonds. The maximum Gasteiger partial charge on any atom is 0.231 e. The van der Waals surface area contributed by atoms with E-state index < -0.39 is 6.10 Å². The molecule has 28 heavy (non-hydrogen) atoms. The number of hydrogen-bond donors (Lipinski definition) is 2. The number of aliphatic hydroxyl groups is 1. The summed E-state index contributed by atoms with van der Waals surface area (Å²) in [5.74, 6) is 2.99. The number of hydrogen-bond acceptors (Lipinski definition) is 5. The normalized spacial score (nSPS) is 21.1. The molecule has 0 aliphatic carbocycles. The van der Waals surface area contributed by atoms with E-state index in [2.05, 4.69) is 13.1 Å². The molecule has 0 radical (unpaired) electrons. The van der Waals surface area contributed by atoms with Crippen molar-refractivity contribution >= 4 is 0 Å². The molecule has 6 heteroatoms. The number of aliphatic hydroxyl groups excluding tert-OH is 1. The highest BCUT2D eigenvalue weighted by molar-refractivity contribution is 5.61. The Balaban J connectivity index is 1.62. The van der Waals surface area contributed by atoms with Gasteiger partial charge in [-0.3, -0.25) is 0 Å². The third-order valence-corrected chi connectivity index (χ3v) is 5.84. The topological polar surface area (TPSA) is 61.6 Å². The highest BCUT2D eigenvalue weighted by Crippen LogP contribution is 2.48. The monoisotopic (exact) mass is 386 g/mol. The average molecular weight is 386 g/mol. The van der Waals surface area contributed by atoms with Crippen LogP contribution in [0, 0.1) is 0 Å². The Morgan fingerprint density at radius 3 is 2.82 bits per heavy atom. The van der Waals surface area contributed by atoms with Crippen LogP contribution in [0.15, 0.2) is 30.3 Å². The van der Waals surface area contributed by atoms with E-state index in [9.17, 15) is 5.11 Å². The van der Waals surface area contributed by atoms with Crippen molar-refractivity contribution in [1.82, 2.24) is 0 Å². The minimum atomic E-state index is -0.489. The number of fused-ring (bicyclic) bond motifs is 2. The third kappa shape index (κ3) is 3.38. The molecule has 2 N–H and O–H groups in total. The second-order valence-electron chi connectivity index (χ2n) is 7.52. The lowest BCUT2D eigenvalue weighted by Crippen LogP contribution is -3.10. The number of likely N-dealkylation sites (N-methyl/N-ethyl adjacent to an activating group) is 1. The molecule has 2 heterocycles. The molecule has 1 unspecified atom stereocenters. The minimum Gasteiger partial charge on any atom is -0.496 e. The summed E-state index contributed by atoms with van der Waals surface area (Å²) >= 11 is 0. The van der Waals surface area contributed by atoms with Gasteiger partial charge in [0, 0.05) is 19.3 Å². The van der Waals surface area contributed by atoms with Gasteiger partial charge in [-0.15, -0.1) is 0 Å². The molecular weight excluding hydrogens is 358 g/mol. The summed E-state index contributed by atoms with van der Waals surface area (Å²) < 4.78 is 22.4. The third-order valence-electron chi connectivity index (χ3n) is 5.84. The number of rotatable bonds is 6. The molecule has 2 aliphatic rings. The molecule has 0 aromatic heterocycles. The van der Waals surface area contributed by atoms with Crippen LogP contribution in [0.1, 0.15) is 29.2 Å². The first-order valence-electron chi connectivity index (χ1n) is 9.74. The van der Waals surface area contributed by atoms with Crippen LogP contribution in [0.2, 0.25) is 0 Å². The van der Waals surface area contributed by atoms with Crippen LogP contribution < -0.4 is 23.8 Å². The Hall–Kier alpha value is -2.44. The Kier molecular flexibility index (Phi) is 5.33. The molecule has 6 nitrogen and oxygen atoms in total. The first kappa shape index (κ1) is 18.9. The van der Waals surface area contributed by atoms with E-state index in [-0.39, 0.29) is 12.8 Å². The zero-order valence-corrected chi connectivity index (χ0v) is 16.7. The van der Waals surface area contributed by atoms with E-state index in [1.165, 1.54) is 10.5 Å². The molecule has 0 saturated heterocycles. The maximum atomic E-state index is 10.9. The van der Waals surface area contributed by atoms with Crippen molar-refractivity contribution in [1.29, 1.82) is 0 Å². The van der Waals surface area contributed by atoms with Crippen LogP contribution in [-0.4, -0.2) is 45.8 Å². The predicted molar refractivity (Wildman–Crippen MR) is 105 cm³/mol. The molecule has 0 fully saturated rings. The number of methoxy groups -OCH3 is 2. The molecule has 2 aliphatic heterocycles. The van der Waals surface area contributed by atoms with E-state index in [0.29, 0.717) is 18.6 Å². The molecule has 0 bridgehead atoms. The van der Waals surface area contributed by atoms with E-state index in [0.717, 1.165) is 41.3 Å². The van der Waals surface area contributed by atoms with E-state index in [1.54, 1.807) is 14.2 Å². The van der Waals surface area contributed by atoms with Gasteiger partial charge in [0.05, 0.1) is 39.5 Å². The van der Waals surface area contributed by atoms with E-state index in [1.807, 2.05) is 24.3 Å². The highest BCUT2D eigenvalue weighted by atomic mass is 16.7. The van der Waals surface area contributed by atoms with Crippen molar-refractivity contribution in [3.05, 3.63) is 47.0 Å². The van der Waals surface area contributed by atoms with E-state index in [4.69, 9.17) is 18.9 Å². The van der Waals surface area contributed by atoms with Crippen molar-refractivity contribution < 1.29 is 29.0 Å². The summed E-state index contributed by atoms with van der Waals surface area (Å²) in [6.45, 7) is 1.22. The second kappa shape index (κ2) is 7.89. The van der Waals surface area contributed by atoms with Gasteiger partial charge in [-0.1, -0.05) is 18.2 Å². The zero-order valence-electron chi connectivity index (χ0n) is 16.7. The van der Waals surface area contributed by atoms with Gasteiger partial charge < -0.3 is 29.0 Å². The van der Waals surface area contributed by atoms with Gasteiger partial charge in [-0.2, -0.15) is 0 Å². The van der Waals surface area contributed by atoms with Crippen molar-refractivity contribution in [2.75, 3.05) is 34.6 Å². The Morgan fingerprint density at radius 1 is 1.21 bits per heavy atom. The molecule has 3 atom stereocenters. The standard InChI is InChI=1S/C22H27NO5/c1-23-9-8-15-11-19-21(28-13-27-19)22(26-3)20(15)17(23)12-16(24)10-14-6-4-5-7-18(14)25-2/h4-7,11,16-17,24H,8-10,12-13H2,1-3H3/p+1/t16-,17+/m1/s1. The molecule has 4 rings (SSSR count). The fraction of sp³-hybridized carbons (Fsp3) is 0.455. The lowest BCUT2D eigenvalue weighted by molar-refractivity contribution is -0.915. The van der Waals surface area contributed by atoms with Crippen LogP contribution in [0.3, 0.4) is 0 Å². The lowest BCUT2D eigenvalue weighted by Gasteiger charge is -2.34. The largest absolute Gasteiger partial charge is 0.496 e. The number of para-hydroxylation sites is 1. The summed E-state index contributed by atoms with van der Waals surface area (Å²) in [7, 11) is 5.51. The van der Waals surface area contributed by atoms with Gasteiger partial charge in [0.1, 0.15) is 11.8 Å². The van der Waals surface area contributed by atoms with Gasteiger partial charge in [0.25, 0.3) is 0 Å². The first-order valence-corrected chi connectivity index (χ1v) is 9.74. The van der Waals surface area contributed by atoms with Gasteiger partial charge in [-0.25, -0.2) is 0 Å². The Labute approximate surface area is 165 Å². The molecule has 2 aromatic carbocycles. The predicted octanol–water partition coefficient (Wildman–Crippen LogP) is 1.54. The van der Waals surface area contributed by atoms with Crippen molar-refractivity contribution in [3.63, 3.8) is 0 Å². The number of nitrogens with one attached hydrogen (secondary N) is 1. The molecule has 150 valence electrons. The smallest absolute Gasteiger partial charge is 0.231 e. The highest BCUT2D eigenvalue weighted by Gasteiger charge is 2.37. The molecular formula is C22H28NO5+. The summed E-state index contributed by atoms with van der Waals surface area (Å²) in [6, 6.07) is 10.1. The number of ether oxygens (including phenoxy) is 4. The molecule has 0 spiro atoms. The average Bonchev–Trinajstić information content (AvgIpc) is 3.17. The van der Waals surface area contributed by atoms with Crippen molar-refractivity contribution in [3.8, 4) is 23.0 Å². The van der Waals surface area contributed by atoms with Gasteiger partial charge >= 0.3 is 0 Å². The van der Waals surface area contributed by atoms with Gasteiger partial charge in [0.15, 0.2) is 11.5 Å². The lowest BCUT2D eigenvalue weighted by atomic mass is 9.87. The number of quaternary nitrogens is 1. The summed E-state index contributed by atoms with van der Waals surface area (Å²) in [5.41, 5.74) is 3.37. The minimum absolute atomic E-state index is 0.123. The van der Waals surface area contributed by atoms with Crippen LogP contribution in [0.4, 0.5) is 0 Å². The van der Waals surface area contributed by atoms with Crippen LogP contribution in [-0.2, 0) is 12.8 Å². The van der Waals surface area contributed by atoms with Crippen LogP contribution in [0.25, 0.3) is 0 Å². The zero-order chi connectivity index (χ0) is 19.7. The summed E-state index contributed by atoms with van der Waals surface area (Å²) in [6.07, 6.45) is 1.65. The van der Waals surface area contributed by atoms with Crippen molar-refractivity contribution in [2.45, 2.75) is 31.4 Å². The second-order valence-corrected chi connectivity index (χ2v) is 7.52. The fourth-order valence-electron chi connectivity index (χ4n) is 4.42. The SMILES string of the molecule is COc1ccccc1C[C@@H](O)C[C@H]1c2c(cc3c(c2OC)OCO3)CC[NH+]1C. The van der Waals surface area contributed by atoms with Gasteiger partial charge in [0.2, 0.25) is 12.5 Å². The van der Waals surface area contributed by atoms with Crippen LogP contribution in [0.5, 0.6) is 23.0 Å². The number of benzene rings is 2. The summed E-state index contributed by atoms with van der Waals surface area (Å²) in [5, 5.41) is 10.9. The van der Waals surface area contributed by atoms with Crippen LogP contribution >= 0.6 is 0 Å². The fourth-order valence-corrected chi connectivity index (χ4v) is 4.42. The Bertz CT molecular complexity index is 853. The Morgan fingerprint density at radius 2 is 2.04 bits per heavy atom. The van der Waals surface area contributed by atoms with Crippen molar-refractivity contribution in [2.24, 2.45) is 0 Å². The first-order chi connectivity index (χ1) is 13.6. The quantitative estimate of drug-likeness (QED) is 0.789. The maximum absolute atomic E-state index is 10.9. The van der Waals surface area contributed by atoms with Gasteiger partial charge in [-0.05, 0) is 23.3 Å². The molecule has 0 saturated carbocycles.